The maximum absolute atomic E-state index is 12.3. The van der Waals surface area contributed by atoms with Crippen LogP contribution in [-0.2, 0) is 6.54 Å². The van der Waals surface area contributed by atoms with Gasteiger partial charge in [-0.15, -0.1) is 0 Å². The quantitative estimate of drug-likeness (QED) is 0.712. The van der Waals surface area contributed by atoms with E-state index in [1.54, 1.807) is 32.2 Å². The number of H-pyrrole nitrogens is 1. The van der Waals surface area contributed by atoms with Crippen LogP contribution in [0.25, 0.3) is 21.8 Å². The topological polar surface area (TPSA) is 77.0 Å². The fourth-order valence-corrected chi connectivity index (χ4v) is 2.36. The highest BCUT2D eigenvalue weighted by atomic mass is 16.5. The Balaban J connectivity index is 2.56. The molecule has 0 aliphatic carbocycles. The van der Waals surface area contributed by atoms with Crippen molar-refractivity contribution in [1.82, 2.24) is 14.5 Å². The highest BCUT2D eigenvalue weighted by Crippen LogP contribution is 2.26. The molecule has 6 heteroatoms. The Kier molecular flexibility index (Phi) is 2.78. The summed E-state index contributed by atoms with van der Waals surface area (Å²) in [6, 6.07) is 5.39. The molecule has 0 unspecified atom stereocenters. The van der Waals surface area contributed by atoms with E-state index in [-0.39, 0.29) is 5.56 Å². The van der Waals surface area contributed by atoms with Gasteiger partial charge in [-0.1, -0.05) is 12.1 Å². The Labute approximate surface area is 113 Å². The van der Waals surface area contributed by atoms with Crippen LogP contribution < -0.4 is 16.0 Å². The Hall–Kier alpha value is -2.63. The normalized spacial score (nSPS) is 11.1. The second kappa shape index (κ2) is 4.48. The molecule has 1 aromatic carbocycles. The number of hydrogen-bond acceptors (Lipinski definition) is 4. The molecule has 0 aliphatic heterocycles. The summed E-state index contributed by atoms with van der Waals surface area (Å²) in [4.78, 5) is 31.2. The number of aromatic nitrogens is 3. The fourth-order valence-electron chi connectivity index (χ4n) is 2.36. The minimum Gasteiger partial charge on any atom is -0.494 e. The lowest BCUT2D eigenvalue weighted by molar-refractivity contribution is 0.419. The second-order valence-electron chi connectivity index (χ2n) is 4.38. The van der Waals surface area contributed by atoms with Crippen LogP contribution in [0.5, 0.6) is 5.75 Å². The molecule has 0 fully saturated rings. The molecule has 0 atom stereocenters. The number of para-hydroxylation sites is 1. The SMILES string of the molecule is CCn1c(=O)[nH]c2c(cnc3c(OC)cccc32)c1=O. The molecule has 0 spiro atoms. The van der Waals surface area contributed by atoms with Gasteiger partial charge in [-0.25, -0.2) is 4.79 Å². The molecule has 0 radical (unpaired) electrons. The summed E-state index contributed by atoms with van der Waals surface area (Å²) in [5.74, 6) is 0.602. The lowest BCUT2D eigenvalue weighted by Crippen LogP contribution is -2.34. The molecule has 1 N–H and O–H groups in total. The summed E-state index contributed by atoms with van der Waals surface area (Å²) in [5, 5.41) is 1.09. The smallest absolute Gasteiger partial charge is 0.328 e. The minimum atomic E-state index is -0.416. The Morgan fingerprint density at radius 3 is 2.80 bits per heavy atom. The van der Waals surface area contributed by atoms with Gasteiger partial charge in [0.05, 0.1) is 18.0 Å². The summed E-state index contributed by atoms with van der Waals surface area (Å²) < 4.78 is 6.39. The van der Waals surface area contributed by atoms with Gasteiger partial charge in [0.1, 0.15) is 11.3 Å². The molecule has 2 heterocycles. The number of hydrogen-bond donors (Lipinski definition) is 1. The van der Waals surface area contributed by atoms with E-state index in [1.165, 1.54) is 6.20 Å². The van der Waals surface area contributed by atoms with E-state index in [4.69, 9.17) is 4.74 Å². The highest BCUT2D eigenvalue weighted by Gasteiger charge is 2.11. The van der Waals surface area contributed by atoms with Crippen LogP contribution in [0, 0.1) is 0 Å². The van der Waals surface area contributed by atoms with Gasteiger partial charge in [0.15, 0.2) is 0 Å². The van der Waals surface area contributed by atoms with Crippen LogP contribution in [0.3, 0.4) is 0 Å². The van der Waals surface area contributed by atoms with Gasteiger partial charge in [-0.2, -0.15) is 0 Å². The van der Waals surface area contributed by atoms with Crippen molar-refractivity contribution < 1.29 is 4.74 Å². The van der Waals surface area contributed by atoms with E-state index in [2.05, 4.69) is 9.97 Å². The predicted molar refractivity (Wildman–Crippen MR) is 76.4 cm³/mol. The number of fused-ring (bicyclic) bond motifs is 3. The molecule has 0 amide bonds. The third kappa shape index (κ3) is 1.61. The van der Waals surface area contributed by atoms with E-state index in [9.17, 15) is 9.59 Å². The summed E-state index contributed by atoms with van der Waals surface area (Å²) >= 11 is 0. The second-order valence-corrected chi connectivity index (χ2v) is 4.38. The summed E-state index contributed by atoms with van der Waals surface area (Å²) in [7, 11) is 1.55. The van der Waals surface area contributed by atoms with Crippen LogP contribution in [0.1, 0.15) is 6.92 Å². The van der Waals surface area contributed by atoms with Gasteiger partial charge in [-0.05, 0) is 13.0 Å². The lowest BCUT2D eigenvalue weighted by Gasteiger charge is -2.08. The zero-order chi connectivity index (χ0) is 14.3. The number of rotatable bonds is 2. The van der Waals surface area contributed by atoms with Crippen molar-refractivity contribution in [1.29, 1.82) is 0 Å². The van der Waals surface area contributed by atoms with Gasteiger partial charge in [-0.3, -0.25) is 14.3 Å². The highest BCUT2D eigenvalue weighted by molar-refractivity contribution is 6.04. The molecule has 102 valence electrons. The number of benzene rings is 1. The van der Waals surface area contributed by atoms with Crippen LogP contribution >= 0.6 is 0 Å². The van der Waals surface area contributed by atoms with E-state index in [1.807, 2.05) is 0 Å². The van der Waals surface area contributed by atoms with Crippen LogP contribution in [0.15, 0.2) is 34.0 Å². The molecule has 3 rings (SSSR count). The van der Waals surface area contributed by atoms with Crippen molar-refractivity contribution in [2.45, 2.75) is 13.5 Å². The van der Waals surface area contributed by atoms with Crippen molar-refractivity contribution in [3.05, 3.63) is 45.2 Å². The summed E-state index contributed by atoms with van der Waals surface area (Å²) in [5.41, 5.74) is 0.365. The van der Waals surface area contributed by atoms with E-state index < -0.39 is 5.69 Å². The third-order valence-corrected chi connectivity index (χ3v) is 3.35. The van der Waals surface area contributed by atoms with Gasteiger partial charge >= 0.3 is 5.69 Å². The number of methoxy groups -OCH3 is 1. The van der Waals surface area contributed by atoms with Crippen molar-refractivity contribution in [2.75, 3.05) is 7.11 Å². The molecule has 0 bridgehead atoms. The molecule has 3 aromatic rings. The van der Waals surface area contributed by atoms with Crippen molar-refractivity contribution in [3.63, 3.8) is 0 Å². The first-order valence-electron chi connectivity index (χ1n) is 6.26. The monoisotopic (exact) mass is 271 g/mol. The average molecular weight is 271 g/mol. The molecule has 20 heavy (non-hydrogen) atoms. The standard InChI is InChI=1S/C14H13N3O3/c1-3-17-13(18)9-7-15-12-8(11(9)16-14(17)19)5-4-6-10(12)20-2/h4-7H,3H2,1-2H3,(H,16,19). The Morgan fingerprint density at radius 1 is 1.30 bits per heavy atom. The van der Waals surface area contributed by atoms with Crippen molar-refractivity contribution in [2.24, 2.45) is 0 Å². The first-order valence-corrected chi connectivity index (χ1v) is 6.26. The van der Waals surface area contributed by atoms with Gasteiger partial charge in [0.25, 0.3) is 5.56 Å². The zero-order valence-corrected chi connectivity index (χ0v) is 11.1. The first kappa shape index (κ1) is 12.4. The zero-order valence-electron chi connectivity index (χ0n) is 11.1. The maximum Gasteiger partial charge on any atom is 0.328 e. The van der Waals surface area contributed by atoms with E-state index in [0.29, 0.717) is 34.1 Å². The molecule has 0 aliphatic rings. The predicted octanol–water partition coefficient (Wildman–Crippen LogP) is 1.27. The number of ether oxygens (including phenoxy) is 1. The molecule has 0 saturated heterocycles. The summed E-state index contributed by atoms with van der Waals surface area (Å²) in [6.07, 6.45) is 1.48. The summed E-state index contributed by atoms with van der Waals surface area (Å²) in [6.45, 7) is 2.07. The van der Waals surface area contributed by atoms with Gasteiger partial charge in [0.2, 0.25) is 0 Å². The lowest BCUT2D eigenvalue weighted by atomic mass is 10.1. The van der Waals surface area contributed by atoms with Crippen molar-refractivity contribution >= 4 is 21.8 Å². The Bertz CT molecular complexity index is 924. The van der Waals surface area contributed by atoms with Crippen LogP contribution in [0.2, 0.25) is 0 Å². The van der Waals surface area contributed by atoms with Crippen molar-refractivity contribution in [3.8, 4) is 5.75 Å². The van der Waals surface area contributed by atoms with Crippen LogP contribution in [0.4, 0.5) is 0 Å². The minimum absolute atomic E-state index is 0.320. The van der Waals surface area contributed by atoms with Crippen LogP contribution in [-0.4, -0.2) is 21.6 Å². The molecular weight excluding hydrogens is 258 g/mol. The first-order chi connectivity index (χ1) is 9.67. The third-order valence-electron chi connectivity index (χ3n) is 3.35. The maximum atomic E-state index is 12.3. The number of aromatic amines is 1. The molecular formula is C14H13N3O3. The number of nitrogens with one attached hydrogen (secondary N) is 1. The Morgan fingerprint density at radius 2 is 2.10 bits per heavy atom. The average Bonchev–Trinajstić information content (AvgIpc) is 2.46. The van der Waals surface area contributed by atoms with Gasteiger partial charge in [0, 0.05) is 18.1 Å². The molecule has 2 aromatic heterocycles. The number of nitrogens with zero attached hydrogens (tertiary/aromatic N) is 2. The largest absolute Gasteiger partial charge is 0.494 e. The van der Waals surface area contributed by atoms with E-state index in [0.717, 1.165) is 4.57 Å². The number of pyridine rings is 1. The fraction of sp³-hybridized carbons (Fsp3) is 0.214. The molecule has 6 nitrogen and oxygen atoms in total. The van der Waals surface area contributed by atoms with Gasteiger partial charge < -0.3 is 9.72 Å². The molecule has 0 saturated carbocycles. The van der Waals surface area contributed by atoms with E-state index >= 15 is 0 Å².